The molecule has 3 unspecified atom stereocenters. The summed E-state index contributed by atoms with van der Waals surface area (Å²) in [5.74, 6) is 0. The van der Waals surface area contributed by atoms with E-state index in [2.05, 4.69) is 18.7 Å². The lowest BCUT2D eigenvalue weighted by Gasteiger charge is -2.38. The third-order valence-corrected chi connectivity index (χ3v) is 3.84. The molecule has 0 aromatic carbocycles. The van der Waals surface area contributed by atoms with Crippen LogP contribution in [-0.2, 0) is 4.74 Å². The molecule has 88 valence electrons. The van der Waals surface area contributed by atoms with Gasteiger partial charge < -0.3 is 10.5 Å². The normalized spacial score (nSPS) is 38.2. The molecule has 2 rings (SSSR count). The molecule has 0 spiro atoms. The lowest BCUT2D eigenvalue weighted by molar-refractivity contribution is 0.0178. The van der Waals surface area contributed by atoms with Gasteiger partial charge >= 0.3 is 0 Å². The molecule has 2 fully saturated rings. The summed E-state index contributed by atoms with van der Waals surface area (Å²) in [4.78, 5) is 2.64. The maximum absolute atomic E-state index is 6.05. The van der Waals surface area contributed by atoms with E-state index in [-0.39, 0.29) is 0 Å². The Morgan fingerprint density at radius 3 is 2.47 bits per heavy atom. The Bertz CT molecular complexity index is 196. The zero-order valence-electron chi connectivity index (χ0n) is 9.98. The second kappa shape index (κ2) is 4.81. The monoisotopic (exact) mass is 212 g/mol. The van der Waals surface area contributed by atoms with Crippen molar-refractivity contribution >= 4 is 0 Å². The minimum absolute atomic E-state index is 0.368. The molecule has 0 amide bonds. The van der Waals surface area contributed by atoms with Crippen LogP contribution in [0.4, 0.5) is 0 Å². The van der Waals surface area contributed by atoms with Crippen molar-refractivity contribution in [1.82, 2.24) is 4.90 Å². The Morgan fingerprint density at radius 1 is 1.33 bits per heavy atom. The summed E-state index contributed by atoms with van der Waals surface area (Å²) in [6.07, 6.45) is 5.44. The molecule has 2 bridgehead atoms. The van der Waals surface area contributed by atoms with Gasteiger partial charge in [-0.1, -0.05) is 0 Å². The van der Waals surface area contributed by atoms with E-state index in [1.165, 1.54) is 25.7 Å². The molecule has 3 nitrogen and oxygen atoms in total. The predicted molar refractivity (Wildman–Crippen MR) is 61.8 cm³/mol. The molecule has 3 atom stereocenters. The Morgan fingerprint density at radius 2 is 1.93 bits per heavy atom. The summed E-state index contributed by atoms with van der Waals surface area (Å²) in [5.41, 5.74) is 6.05. The average molecular weight is 212 g/mol. The molecule has 0 radical (unpaired) electrons. The van der Waals surface area contributed by atoms with Crippen molar-refractivity contribution in [1.29, 1.82) is 0 Å². The van der Waals surface area contributed by atoms with Crippen LogP contribution < -0.4 is 5.73 Å². The van der Waals surface area contributed by atoms with Gasteiger partial charge in [0, 0.05) is 31.3 Å². The van der Waals surface area contributed by atoms with Crippen LogP contribution in [0.15, 0.2) is 0 Å². The fraction of sp³-hybridized carbons (Fsp3) is 1.00. The summed E-state index contributed by atoms with van der Waals surface area (Å²) >= 11 is 0. The number of piperidine rings is 1. The predicted octanol–water partition coefficient (Wildman–Crippen LogP) is 1.37. The highest BCUT2D eigenvalue weighted by Gasteiger charge is 2.39. The van der Waals surface area contributed by atoms with Crippen LogP contribution in [0.3, 0.4) is 0 Å². The van der Waals surface area contributed by atoms with Gasteiger partial charge in [0.2, 0.25) is 0 Å². The summed E-state index contributed by atoms with van der Waals surface area (Å²) in [6.45, 7) is 6.16. The van der Waals surface area contributed by atoms with Crippen molar-refractivity contribution in [2.24, 2.45) is 5.73 Å². The molecule has 2 aliphatic heterocycles. The zero-order valence-corrected chi connectivity index (χ0v) is 9.98. The standard InChI is InChI=1S/C12H24N2O/c1-3-15-9(2)8-14-11-4-5-12(14)7-10(13)6-11/h9-12H,3-8,13H2,1-2H3. The molecule has 0 saturated carbocycles. The third kappa shape index (κ3) is 2.52. The molecule has 2 heterocycles. The van der Waals surface area contributed by atoms with Gasteiger partial charge in [-0.15, -0.1) is 0 Å². The zero-order chi connectivity index (χ0) is 10.8. The molecular formula is C12H24N2O. The molecule has 0 aliphatic carbocycles. The first kappa shape index (κ1) is 11.4. The van der Waals surface area contributed by atoms with E-state index >= 15 is 0 Å². The van der Waals surface area contributed by atoms with Crippen LogP contribution in [0.2, 0.25) is 0 Å². The third-order valence-electron chi connectivity index (χ3n) is 3.84. The SMILES string of the molecule is CCOC(C)CN1C2CCC1CC(N)C2. The number of nitrogens with zero attached hydrogens (tertiary/aromatic N) is 1. The number of fused-ring (bicyclic) bond motifs is 2. The fourth-order valence-corrected chi connectivity index (χ4v) is 3.25. The van der Waals surface area contributed by atoms with Crippen LogP contribution >= 0.6 is 0 Å². The van der Waals surface area contributed by atoms with Crippen LogP contribution in [-0.4, -0.2) is 42.3 Å². The topological polar surface area (TPSA) is 38.5 Å². The number of nitrogens with two attached hydrogens (primary N) is 1. The Balaban J connectivity index is 1.88. The van der Waals surface area contributed by atoms with Gasteiger partial charge in [0.25, 0.3) is 0 Å². The van der Waals surface area contributed by atoms with Crippen molar-refractivity contribution in [3.63, 3.8) is 0 Å². The summed E-state index contributed by atoms with van der Waals surface area (Å²) in [7, 11) is 0. The lowest BCUT2D eigenvalue weighted by atomic mass is 9.98. The average Bonchev–Trinajstić information content (AvgIpc) is 2.44. The first-order valence-electron chi connectivity index (χ1n) is 6.33. The largest absolute Gasteiger partial charge is 0.377 e. The van der Waals surface area contributed by atoms with Gasteiger partial charge in [-0.05, 0) is 39.5 Å². The lowest BCUT2D eigenvalue weighted by Crippen LogP contribution is -2.49. The van der Waals surface area contributed by atoms with Gasteiger partial charge in [0.15, 0.2) is 0 Å². The quantitative estimate of drug-likeness (QED) is 0.765. The fourth-order valence-electron chi connectivity index (χ4n) is 3.25. The number of hydrogen-bond acceptors (Lipinski definition) is 3. The van der Waals surface area contributed by atoms with Gasteiger partial charge in [0.1, 0.15) is 0 Å². The van der Waals surface area contributed by atoms with Crippen LogP contribution in [0.25, 0.3) is 0 Å². The Hall–Kier alpha value is -0.120. The van der Waals surface area contributed by atoms with Crippen molar-refractivity contribution in [3.05, 3.63) is 0 Å². The first-order valence-corrected chi connectivity index (χ1v) is 6.33. The number of hydrogen-bond donors (Lipinski definition) is 1. The van der Waals surface area contributed by atoms with Gasteiger partial charge in [-0.25, -0.2) is 0 Å². The summed E-state index contributed by atoms with van der Waals surface area (Å²) in [6, 6.07) is 1.92. The van der Waals surface area contributed by atoms with Crippen molar-refractivity contribution in [3.8, 4) is 0 Å². The first-order chi connectivity index (χ1) is 7.20. The van der Waals surface area contributed by atoms with Crippen LogP contribution in [0.1, 0.15) is 39.5 Å². The Kier molecular flexibility index (Phi) is 3.65. The van der Waals surface area contributed by atoms with Crippen LogP contribution in [0.5, 0.6) is 0 Å². The van der Waals surface area contributed by atoms with Crippen molar-refractivity contribution in [2.75, 3.05) is 13.2 Å². The highest BCUT2D eigenvalue weighted by Crippen LogP contribution is 2.35. The molecule has 3 heteroatoms. The van der Waals surface area contributed by atoms with E-state index in [0.29, 0.717) is 12.1 Å². The van der Waals surface area contributed by atoms with Crippen molar-refractivity contribution in [2.45, 2.75) is 63.8 Å². The van der Waals surface area contributed by atoms with Crippen LogP contribution in [0, 0.1) is 0 Å². The summed E-state index contributed by atoms with van der Waals surface area (Å²) in [5, 5.41) is 0. The van der Waals surface area contributed by atoms with E-state index in [1.54, 1.807) is 0 Å². The van der Waals surface area contributed by atoms with E-state index in [0.717, 1.165) is 25.2 Å². The maximum Gasteiger partial charge on any atom is 0.0673 e. The van der Waals surface area contributed by atoms with Gasteiger partial charge in [0.05, 0.1) is 6.10 Å². The maximum atomic E-state index is 6.05. The molecule has 2 N–H and O–H groups in total. The highest BCUT2D eigenvalue weighted by atomic mass is 16.5. The van der Waals surface area contributed by atoms with E-state index in [9.17, 15) is 0 Å². The number of ether oxygens (including phenoxy) is 1. The minimum atomic E-state index is 0.368. The van der Waals surface area contributed by atoms with Gasteiger partial charge in [-0.2, -0.15) is 0 Å². The smallest absolute Gasteiger partial charge is 0.0673 e. The van der Waals surface area contributed by atoms with E-state index < -0.39 is 0 Å². The minimum Gasteiger partial charge on any atom is -0.377 e. The van der Waals surface area contributed by atoms with E-state index in [1.807, 2.05) is 0 Å². The second-order valence-corrected chi connectivity index (χ2v) is 5.08. The molecule has 0 aromatic rings. The highest BCUT2D eigenvalue weighted by molar-refractivity contribution is 4.96. The molecule has 15 heavy (non-hydrogen) atoms. The molecule has 2 saturated heterocycles. The van der Waals surface area contributed by atoms with Crippen molar-refractivity contribution < 1.29 is 4.74 Å². The van der Waals surface area contributed by atoms with Gasteiger partial charge in [-0.3, -0.25) is 4.90 Å². The molecule has 2 aliphatic rings. The number of rotatable bonds is 4. The van der Waals surface area contributed by atoms with E-state index in [4.69, 9.17) is 10.5 Å². The molecule has 0 aromatic heterocycles. The Labute approximate surface area is 93.0 Å². The summed E-state index contributed by atoms with van der Waals surface area (Å²) < 4.78 is 5.62. The molecular weight excluding hydrogens is 188 g/mol. The second-order valence-electron chi connectivity index (χ2n) is 5.08.